The van der Waals surface area contributed by atoms with E-state index in [1.54, 1.807) is 29.9 Å². The third-order valence-electron chi connectivity index (χ3n) is 4.60. The molecule has 0 amide bonds. The first-order valence-corrected chi connectivity index (χ1v) is 11.0. The van der Waals surface area contributed by atoms with Gasteiger partial charge in [0.15, 0.2) is 0 Å². The summed E-state index contributed by atoms with van der Waals surface area (Å²) in [5.74, 6) is 0.978. The van der Waals surface area contributed by atoms with Crippen molar-refractivity contribution in [3.05, 3.63) is 52.3 Å². The lowest BCUT2D eigenvalue weighted by Gasteiger charge is -2.07. The molecule has 4 aromatic rings. The largest absolute Gasteiger partial charge is 0.496 e. The third-order valence-corrected chi connectivity index (χ3v) is 6.39. The smallest absolute Gasteiger partial charge is 0.307 e. The summed E-state index contributed by atoms with van der Waals surface area (Å²) in [4.78, 5) is 24.7. The lowest BCUT2D eigenvalue weighted by Crippen LogP contribution is -2.10. The van der Waals surface area contributed by atoms with Crippen molar-refractivity contribution < 1.29 is 14.6 Å². The molecule has 0 bridgehead atoms. The summed E-state index contributed by atoms with van der Waals surface area (Å²) in [6.07, 6.45) is -0.0898. The van der Waals surface area contributed by atoms with Gasteiger partial charge in [-0.05, 0) is 26.0 Å². The molecule has 0 fully saturated rings. The molecule has 0 aliphatic heterocycles. The number of aliphatic carboxylic acids is 1. The van der Waals surface area contributed by atoms with Gasteiger partial charge in [0.2, 0.25) is 5.16 Å². The first-order valence-electron chi connectivity index (χ1n) is 9.11. The molecule has 154 valence electrons. The van der Waals surface area contributed by atoms with E-state index in [1.165, 1.54) is 11.8 Å². The van der Waals surface area contributed by atoms with E-state index < -0.39 is 5.97 Å². The van der Waals surface area contributed by atoms with Gasteiger partial charge in [0.1, 0.15) is 10.8 Å². The van der Waals surface area contributed by atoms with Crippen molar-refractivity contribution in [1.82, 2.24) is 24.6 Å². The maximum absolute atomic E-state index is 11.1. The fourth-order valence-electron chi connectivity index (χ4n) is 3.12. The Morgan fingerprint density at radius 1 is 1.23 bits per heavy atom. The van der Waals surface area contributed by atoms with Gasteiger partial charge in [0.25, 0.3) is 5.78 Å². The van der Waals surface area contributed by atoms with Crippen LogP contribution in [0, 0.1) is 13.8 Å². The van der Waals surface area contributed by atoms with Crippen molar-refractivity contribution in [2.45, 2.75) is 31.2 Å². The highest BCUT2D eigenvalue weighted by Gasteiger charge is 2.16. The summed E-state index contributed by atoms with van der Waals surface area (Å²) < 4.78 is 7.03. The number of methoxy groups -OCH3 is 1. The number of thioether (sulfide) groups is 1. The number of para-hydroxylation sites is 1. The second-order valence-electron chi connectivity index (χ2n) is 6.57. The monoisotopic (exact) mass is 441 g/mol. The minimum Gasteiger partial charge on any atom is -0.496 e. The first kappa shape index (κ1) is 20.3. The van der Waals surface area contributed by atoms with Crippen LogP contribution in [0.15, 0.2) is 34.8 Å². The number of carboxylic acid groups (broad SMARTS) is 1. The average molecular weight is 442 g/mol. The van der Waals surface area contributed by atoms with Gasteiger partial charge in [-0.1, -0.05) is 23.9 Å². The van der Waals surface area contributed by atoms with E-state index in [2.05, 4.69) is 15.1 Å². The first-order chi connectivity index (χ1) is 14.5. The normalized spacial score (nSPS) is 11.2. The topological polar surface area (TPSA) is 102 Å². The Hall–Kier alpha value is -2.98. The molecular weight excluding hydrogens is 422 g/mol. The fraction of sp³-hybridized carbons (Fsp3) is 0.250. The van der Waals surface area contributed by atoms with Crippen molar-refractivity contribution in [1.29, 1.82) is 0 Å². The van der Waals surface area contributed by atoms with Crippen LogP contribution in [0.1, 0.15) is 22.6 Å². The molecule has 0 saturated heterocycles. The molecule has 0 saturated carbocycles. The van der Waals surface area contributed by atoms with Crippen LogP contribution in [0.3, 0.4) is 0 Å². The van der Waals surface area contributed by atoms with E-state index in [1.807, 2.05) is 36.6 Å². The van der Waals surface area contributed by atoms with Crippen LogP contribution in [0.4, 0.5) is 0 Å². The Balaban J connectivity index is 1.54. The van der Waals surface area contributed by atoms with Gasteiger partial charge in [0, 0.05) is 28.1 Å². The minimum atomic E-state index is -0.897. The summed E-state index contributed by atoms with van der Waals surface area (Å²) in [7, 11) is 1.65. The number of nitrogens with zero attached hydrogens (tertiary/aromatic N) is 5. The quantitative estimate of drug-likeness (QED) is 0.432. The van der Waals surface area contributed by atoms with Crippen LogP contribution in [0.25, 0.3) is 16.3 Å². The molecule has 8 nitrogen and oxygen atoms in total. The molecule has 3 heterocycles. The van der Waals surface area contributed by atoms with Gasteiger partial charge in [-0.15, -0.1) is 16.4 Å². The van der Waals surface area contributed by atoms with E-state index in [9.17, 15) is 4.79 Å². The lowest BCUT2D eigenvalue weighted by atomic mass is 10.1. The van der Waals surface area contributed by atoms with Gasteiger partial charge in [0.05, 0.1) is 24.8 Å². The van der Waals surface area contributed by atoms with Crippen LogP contribution in [-0.2, 0) is 17.0 Å². The zero-order valence-electron chi connectivity index (χ0n) is 16.6. The third kappa shape index (κ3) is 4.01. The maximum Gasteiger partial charge on any atom is 0.307 e. The van der Waals surface area contributed by atoms with Crippen LogP contribution >= 0.6 is 23.1 Å². The van der Waals surface area contributed by atoms with Crippen molar-refractivity contribution in [2.75, 3.05) is 7.11 Å². The number of aromatic nitrogens is 5. The van der Waals surface area contributed by atoms with Crippen LogP contribution in [0.2, 0.25) is 0 Å². The predicted octanol–water partition coefficient (Wildman–Crippen LogP) is 3.79. The van der Waals surface area contributed by atoms with E-state index in [-0.39, 0.29) is 6.42 Å². The molecule has 0 aliphatic rings. The Bertz CT molecular complexity index is 1230. The number of rotatable bonds is 7. The number of aryl methyl sites for hydroxylation is 2. The summed E-state index contributed by atoms with van der Waals surface area (Å²) in [5, 5.41) is 17.1. The fourth-order valence-corrected chi connectivity index (χ4v) is 4.78. The molecular formula is C20H19N5O3S2. The van der Waals surface area contributed by atoms with E-state index in [0.717, 1.165) is 27.7 Å². The molecule has 1 aromatic carbocycles. The predicted molar refractivity (Wildman–Crippen MR) is 115 cm³/mol. The molecule has 0 spiro atoms. The molecule has 10 heteroatoms. The highest BCUT2D eigenvalue weighted by atomic mass is 32.2. The molecule has 0 unspecified atom stereocenters. The molecule has 0 atom stereocenters. The van der Waals surface area contributed by atoms with Gasteiger partial charge < -0.3 is 9.84 Å². The zero-order valence-corrected chi connectivity index (χ0v) is 18.3. The van der Waals surface area contributed by atoms with Crippen LogP contribution < -0.4 is 4.74 Å². The molecule has 3 aromatic heterocycles. The molecule has 0 radical (unpaired) electrons. The van der Waals surface area contributed by atoms with Gasteiger partial charge in [-0.25, -0.2) is 14.5 Å². The van der Waals surface area contributed by atoms with Crippen LogP contribution in [0.5, 0.6) is 5.75 Å². The highest BCUT2D eigenvalue weighted by molar-refractivity contribution is 7.98. The highest BCUT2D eigenvalue weighted by Crippen LogP contribution is 2.33. The van der Waals surface area contributed by atoms with E-state index in [0.29, 0.717) is 27.9 Å². The molecule has 30 heavy (non-hydrogen) atoms. The van der Waals surface area contributed by atoms with Gasteiger partial charge >= 0.3 is 5.97 Å². The lowest BCUT2D eigenvalue weighted by molar-refractivity contribution is -0.136. The average Bonchev–Trinajstić information content (AvgIpc) is 3.36. The van der Waals surface area contributed by atoms with Crippen molar-refractivity contribution >= 4 is 34.8 Å². The maximum atomic E-state index is 11.1. The molecule has 4 rings (SSSR count). The number of ether oxygens (including phenoxy) is 1. The standard InChI is InChI=1S/C20H19N5O3S2/c1-11-15(8-17(26)27)12(2)25-19(21-11)23-20(24-25)30-10-13-9-29-18(22-13)14-6-4-5-7-16(14)28-3/h4-7,9H,8,10H2,1-3H3,(H,26,27). The number of carbonyl (C=O) groups is 1. The van der Waals surface area contributed by atoms with Crippen molar-refractivity contribution in [3.8, 4) is 16.3 Å². The van der Waals surface area contributed by atoms with Crippen LogP contribution in [-0.4, -0.2) is 42.8 Å². The van der Waals surface area contributed by atoms with E-state index in [4.69, 9.17) is 14.8 Å². The Kier molecular flexibility index (Phi) is 5.69. The Labute approximate surface area is 181 Å². The van der Waals surface area contributed by atoms with Crippen molar-refractivity contribution in [2.24, 2.45) is 0 Å². The van der Waals surface area contributed by atoms with E-state index >= 15 is 0 Å². The summed E-state index contributed by atoms with van der Waals surface area (Å²) >= 11 is 3.03. The number of fused-ring (bicyclic) bond motifs is 1. The Morgan fingerprint density at radius 3 is 2.80 bits per heavy atom. The van der Waals surface area contributed by atoms with Gasteiger partial charge in [-0.3, -0.25) is 4.79 Å². The summed E-state index contributed by atoms with van der Waals surface area (Å²) in [6.45, 7) is 3.63. The summed E-state index contributed by atoms with van der Waals surface area (Å²) in [5.41, 5.74) is 3.96. The SMILES string of the molecule is COc1ccccc1-c1nc(CSc2nc3nc(C)c(CC(=O)O)c(C)n3n2)cs1. The number of hydrogen-bond acceptors (Lipinski definition) is 8. The number of thiazole rings is 1. The second-order valence-corrected chi connectivity index (χ2v) is 8.37. The van der Waals surface area contributed by atoms with Crippen molar-refractivity contribution in [3.63, 3.8) is 0 Å². The number of hydrogen-bond donors (Lipinski definition) is 1. The second kappa shape index (κ2) is 8.41. The number of carboxylic acids is 1. The molecule has 1 N–H and O–H groups in total. The summed E-state index contributed by atoms with van der Waals surface area (Å²) in [6, 6.07) is 7.80. The van der Waals surface area contributed by atoms with Gasteiger partial charge in [-0.2, -0.15) is 4.98 Å². The zero-order chi connectivity index (χ0) is 21.3. The Morgan fingerprint density at radius 2 is 2.03 bits per heavy atom. The molecule has 0 aliphatic carbocycles. The minimum absolute atomic E-state index is 0.0898. The number of benzene rings is 1.